The lowest BCUT2D eigenvalue weighted by atomic mass is 9.91. The van der Waals surface area contributed by atoms with Gasteiger partial charge in [0.05, 0.1) is 5.69 Å². The predicted molar refractivity (Wildman–Crippen MR) is 135 cm³/mol. The second-order valence-electron chi connectivity index (χ2n) is 9.97. The molecular formula is C26H38N6O. The summed E-state index contributed by atoms with van der Waals surface area (Å²) in [6.45, 7) is 4.33. The van der Waals surface area contributed by atoms with E-state index in [1.165, 1.54) is 29.7 Å². The van der Waals surface area contributed by atoms with Gasteiger partial charge in [-0.15, -0.1) is 0 Å². The van der Waals surface area contributed by atoms with E-state index in [0.29, 0.717) is 12.0 Å². The predicted octanol–water partition coefficient (Wildman–Crippen LogP) is 5.09. The van der Waals surface area contributed by atoms with E-state index in [4.69, 9.17) is 9.97 Å². The van der Waals surface area contributed by atoms with Crippen LogP contribution in [0.4, 0.5) is 22.2 Å². The normalized spacial score (nSPS) is 20.2. The fraction of sp³-hybridized carbons (Fsp3) is 0.577. The highest BCUT2D eigenvalue weighted by Crippen LogP contribution is 2.29. The Morgan fingerprint density at radius 3 is 2.30 bits per heavy atom. The van der Waals surface area contributed by atoms with Crippen LogP contribution in [0.3, 0.4) is 0 Å². The lowest BCUT2D eigenvalue weighted by Crippen LogP contribution is -2.42. The largest absolute Gasteiger partial charge is 0.362 e. The molecule has 0 aliphatic heterocycles. The maximum atomic E-state index is 12.4. The van der Waals surface area contributed by atoms with Crippen molar-refractivity contribution < 1.29 is 4.79 Å². The third-order valence-corrected chi connectivity index (χ3v) is 6.82. The second kappa shape index (κ2) is 10.4. The van der Waals surface area contributed by atoms with Crippen molar-refractivity contribution in [3.63, 3.8) is 0 Å². The van der Waals surface area contributed by atoms with Crippen LogP contribution in [0.2, 0.25) is 0 Å². The molecule has 1 fully saturated rings. The molecule has 0 bridgehead atoms. The van der Waals surface area contributed by atoms with Crippen LogP contribution in [0, 0.1) is 0 Å². The molecule has 0 saturated heterocycles. The van der Waals surface area contributed by atoms with Gasteiger partial charge in [-0.05, 0) is 75.0 Å². The van der Waals surface area contributed by atoms with Crippen molar-refractivity contribution in [3.05, 3.63) is 41.1 Å². The first kappa shape index (κ1) is 23.3. The number of carbonyl (C=O) groups is 1. The zero-order valence-corrected chi connectivity index (χ0v) is 20.4. The van der Waals surface area contributed by atoms with Gasteiger partial charge in [0.25, 0.3) is 0 Å². The second-order valence-corrected chi connectivity index (χ2v) is 9.97. The van der Waals surface area contributed by atoms with Gasteiger partial charge in [0, 0.05) is 37.4 Å². The van der Waals surface area contributed by atoms with Crippen molar-refractivity contribution in [2.45, 2.75) is 83.2 Å². The Kier molecular flexibility index (Phi) is 7.36. The third kappa shape index (κ3) is 5.95. The summed E-state index contributed by atoms with van der Waals surface area (Å²) in [4.78, 5) is 24.2. The number of aryl methyl sites for hydroxylation is 1. The van der Waals surface area contributed by atoms with E-state index in [0.717, 1.165) is 56.0 Å². The molecule has 1 aromatic carbocycles. The third-order valence-electron chi connectivity index (χ3n) is 6.82. The summed E-state index contributed by atoms with van der Waals surface area (Å²) in [5.41, 5.74) is 4.62. The molecule has 3 N–H and O–H groups in total. The van der Waals surface area contributed by atoms with E-state index in [9.17, 15) is 4.79 Å². The lowest BCUT2D eigenvalue weighted by molar-refractivity contribution is 0.243. The van der Waals surface area contributed by atoms with E-state index in [2.05, 4.69) is 60.9 Å². The number of hydrogen-bond donors (Lipinski definition) is 3. The van der Waals surface area contributed by atoms with Crippen LogP contribution >= 0.6 is 0 Å². The minimum atomic E-state index is -0.127. The van der Waals surface area contributed by atoms with Gasteiger partial charge in [-0.2, -0.15) is 4.98 Å². The zero-order chi connectivity index (χ0) is 23.4. The molecule has 0 atom stereocenters. The number of fused-ring (bicyclic) bond motifs is 1. The summed E-state index contributed by atoms with van der Waals surface area (Å²) in [5.74, 6) is 2.28. The number of benzene rings is 1. The summed E-state index contributed by atoms with van der Waals surface area (Å²) in [6.07, 6.45) is 8.42. The van der Waals surface area contributed by atoms with Crippen molar-refractivity contribution in [2.24, 2.45) is 0 Å². The van der Waals surface area contributed by atoms with E-state index in [1.807, 2.05) is 12.1 Å². The summed E-state index contributed by atoms with van der Waals surface area (Å²) < 4.78 is 0. The van der Waals surface area contributed by atoms with E-state index in [1.54, 1.807) is 0 Å². The molecule has 1 heterocycles. The molecule has 178 valence electrons. The van der Waals surface area contributed by atoms with Gasteiger partial charge in [-0.3, -0.25) is 0 Å². The van der Waals surface area contributed by atoms with Crippen molar-refractivity contribution in [1.82, 2.24) is 15.3 Å². The first-order chi connectivity index (χ1) is 15.9. The Bertz CT molecular complexity index is 948. The maximum absolute atomic E-state index is 12.4. The molecule has 1 saturated carbocycles. The van der Waals surface area contributed by atoms with Gasteiger partial charge in [0.1, 0.15) is 5.82 Å². The molecule has 0 unspecified atom stereocenters. The number of carbonyl (C=O) groups excluding carboxylic acids is 1. The van der Waals surface area contributed by atoms with Gasteiger partial charge in [0.2, 0.25) is 5.95 Å². The first-order valence-corrected chi connectivity index (χ1v) is 12.4. The Morgan fingerprint density at radius 2 is 1.64 bits per heavy atom. The fourth-order valence-corrected chi connectivity index (χ4v) is 4.88. The number of rotatable bonds is 6. The Hall–Kier alpha value is -2.83. The van der Waals surface area contributed by atoms with Crippen LogP contribution in [0.1, 0.15) is 75.1 Å². The molecule has 4 rings (SSSR count). The summed E-state index contributed by atoms with van der Waals surface area (Å²) in [5, 5.41) is 9.68. The van der Waals surface area contributed by atoms with Gasteiger partial charge < -0.3 is 20.9 Å². The van der Waals surface area contributed by atoms with Crippen molar-refractivity contribution in [2.75, 3.05) is 29.6 Å². The number of hydrogen-bond acceptors (Lipinski definition) is 5. The Balaban J connectivity index is 1.28. The van der Waals surface area contributed by atoms with Crippen LogP contribution in [-0.4, -0.2) is 42.2 Å². The number of anilines is 3. The van der Waals surface area contributed by atoms with Crippen molar-refractivity contribution in [1.29, 1.82) is 0 Å². The molecule has 0 spiro atoms. The van der Waals surface area contributed by atoms with E-state index in [-0.39, 0.29) is 12.1 Å². The number of amides is 2. The molecule has 2 amide bonds. The molecule has 33 heavy (non-hydrogen) atoms. The highest BCUT2D eigenvalue weighted by atomic mass is 16.2. The number of urea groups is 1. The minimum Gasteiger partial charge on any atom is -0.362 e. The van der Waals surface area contributed by atoms with Crippen LogP contribution in [-0.2, 0) is 12.8 Å². The highest BCUT2D eigenvalue weighted by molar-refractivity contribution is 5.89. The van der Waals surface area contributed by atoms with Gasteiger partial charge in [-0.25, -0.2) is 9.78 Å². The highest BCUT2D eigenvalue weighted by Gasteiger charge is 2.25. The molecule has 2 aliphatic rings. The molecule has 7 heteroatoms. The van der Waals surface area contributed by atoms with E-state index >= 15 is 0 Å². The quantitative estimate of drug-likeness (QED) is 0.571. The molecule has 7 nitrogen and oxygen atoms in total. The first-order valence-electron chi connectivity index (χ1n) is 12.4. The topological polar surface area (TPSA) is 82.2 Å². The zero-order valence-electron chi connectivity index (χ0n) is 20.4. The minimum absolute atomic E-state index is 0.127. The number of nitrogens with one attached hydrogen (secondary N) is 3. The Morgan fingerprint density at radius 1 is 0.970 bits per heavy atom. The monoisotopic (exact) mass is 450 g/mol. The molecule has 1 aromatic heterocycles. The SMILES string of the molecule is CC(C)c1ccc(NC(=O)NC2CCC(Nc3nc4c(c(N(C)C)n3)CCCC4)CC2)cc1. The maximum Gasteiger partial charge on any atom is 0.319 e. The van der Waals surface area contributed by atoms with Crippen LogP contribution in [0.5, 0.6) is 0 Å². The standard InChI is InChI=1S/C26H38N6O/c1-17(2)18-9-11-20(12-10-18)28-26(33)29-21-15-13-19(14-16-21)27-25-30-23-8-6-5-7-22(23)24(31-25)32(3)4/h9-12,17,19,21H,5-8,13-16H2,1-4H3,(H,27,30,31)(H2,28,29,33). The molecular weight excluding hydrogens is 412 g/mol. The molecule has 2 aromatic rings. The van der Waals surface area contributed by atoms with Crippen LogP contribution in [0.25, 0.3) is 0 Å². The van der Waals surface area contributed by atoms with Gasteiger partial charge >= 0.3 is 6.03 Å². The van der Waals surface area contributed by atoms with Crippen LogP contribution in [0.15, 0.2) is 24.3 Å². The lowest BCUT2D eigenvalue weighted by Gasteiger charge is -2.30. The summed E-state index contributed by atoms with van der Waals surface area (Å²) >= 11 is 0. The fourth-order valence-electron chi connectivity index (χ4n) is 4.88. The summed E-state index contributed by atoms with van der Waals surface area (Å²) in [7, 11) is 4.11. The average Bonchev–Trinajstić information content (AvgIpc) is 2.80. The summed E-state index contributed by atoms with van der Waals surface area (Å²) in [6, 6.07) is 8.49. The molecule has 0 radical (unpaired) electrons. The molecule has 2 aliphatic carbocycles. The van der Waals surface area contributed by atoms with Crippen molar-refractivity contribution >= 4 is 23.5 Å². The smallest absolute Gasteiger partial charge is 0.319 e. The number of aromatic nitrogens is 2. The van der Waals surface area contributed by atoms with Crippen LogP contribution < -0.4 is 20.9 Å². The Labute approximate surface area is 197 Å². The van der Waals surface area contributed by atoms with Crippen molar-refractivity contribution in [3.8, 4) is 0 Å². The number of nitrogens with zero attached hydrogens (tertiary/aromatic N) is 3. The van der Waals surface area contributed by atoms with Gasteiger partial charge in [-0.1, -0.05) is 26.0 Å². The average molecular weight is 451 g/mol. The van der Waals surface area contributed by atoms with E-state index < -0.39 is 0 Å². The van der Waals surface area contributed by atoms with Gasteiger partial charge in [0.15, 0.2) is 0 Å².